The molecule has 1 aliphatic rings. The van der Waals surface area contributed by atoms with Gasteiger partial charge in [0.25, 0.3) is 5.91 Å². The first-order chi connectivity index (χ1) is 14.5. The molecule has 0 saturated carbocycles. The predicted octanol–water partition coefficient (Wildman–Crippen LogP) is 2.98. The molecule has 2 aromatic rings. The summed E-state index contributed by atoms with van der Waals surface area (Å²) < 4.78 is 20.9. The van der Waals surface area contributed by atoms with Gasteiger partial charge in [-0.2, -0.15) is 0 Å². The second-order valence-electron chi connectivity index (χ2n) is 7.00. The highest BCUT2D eigenvalue weighted by molar-refractivity contribution is 5.94. The monoisotopic (exact) mass is 417 g/mol. The van der Waals surface area contributed by atoms with Gasteiger partial charge in [-0.15, -0.1) is 0 Å². The fraction of sp³-hybridized carbons (Fsp3) is 0.429. The van der Waals surface area contributed by atoms with Gasteiger partial charge in [0.05, 0.1) is 38.8 Å². The van der Waals surface area contributed by atoms with E-state index in [0.29, 0.717) is 54.1 Å². The summed E-state index contributed by atoms with van der Waals surface area (Å²) in [5.41, 5.74) is 1.10. The molecule has 0 bridgehead atoms. The molecule has 3 amide bonds. The molecule has 9 heteroatoms. The van der Waals surface area contributed by atoms with E-state index in [2.05, 4.69) is 10.6 Å². The highest BCUT2D eigenvalue weighted by Gasteiger charge is 2.24. The third-order valence-corrected chi connectivity index (χ3v) is 5.14. The van der Waals surface area contributed by atoms with E-state index in [1.54, 1.807) is 18.2 Å². The van der Waals surface area contributed by atoms with Crippen LogP contribution < -0.4 is 24.8 Å². The number of nitrogens with one attached hydrogen (secondary N) is 2. The minimum atomic E-state index is -0.318. The first-order valence-electron chi connectivity index (χ1n) is 9.72. The summed E-state index contributed by atoms with van der Waals surface area (Å²) in [6.45, 7) is 1.85. The van der Waals surface area contributed by atoms with E-state index in [1.165, 1.54) is 33.9 Å². The molecule has 0 unspecified atom stereocenters. The van der Waals surface area contributed by atoms with Crippen molar-refractivity contribution < 1.29 is 28.2 Å². The van der Waals surface area contributed by atoms with Gasteiger partial charge in [0.2, 0.25) is 5.75 Å². The number of urea groups is 1. The summed E-state index contributed by atoms with van der Waals surface area (Å²) in [7, 11) is 4.56. The summed E-state index contributed by atoms with van der Waals surface area (Å²) in [6, 6.07) is 4.69. The van der Waals surface area contributed by atoms with Crippen LogP contribution >= 0.6 is 0 Å². The molecular formula is C21H27N3O6. The van der Waals surface area contributed by atoms with Crippen molar-refractivity contribution in [2.24, 2.45) is 5.92 Å². The van der Waals surface area contributed by atoms with Gasteiger partial charge in [0, 0.05) is 31.8 Å². The highest BCUT2D eigenvalue weighted by Crippen LogP contribution is 2.39. The molecule has 1 fully saturated rings. The second-order valence-corrected chi connectivity index (χ2v) is 7.00. The highest BCUT2D eigenvalue weighted by atomic mass is 16.5. The van der Waals surface area contributed by atoms with Crippen molar-refractivity contribution in [3.63, 3.8) is 0 Å². The van der Waals surface area contributed by atoms with Gasteiger partial charge >= 0.3 is 6.03 Å². The molecule has 2 N–H and O–H groups in total. The van der Waals surface area contributed by atoms with Gasteiger partial charge in [0.15, 0.2) is 11.5 Å². The lowest BCUT2D eigenvalue weighted by Gasteiger charge is -2.31. The van der Waals surface area contributed by atoms with Crippen LogP contribution in [0, 0.1) is 5.92 Å². The minimum Gasteiger partial charge on any atom is -0.493 e. The molecule has 0 radical (unpaired) electrons. The van der Waals surface area contributed by atoms with Crippen LogP contribution in [0.15, 0.2) is 35.1 Å². The molecular weight excluding hydrogens is 390 g/mol. The summed E-state index contributed by atoms with van der Waals surface area (Å²) >= 11 is 0. The zero-order valence-corrected chi connectivity index (χ0v) is 17.4. The van der Waals surface area contributed by atoms with Crippen LogP contribution in [0.4, 0.5) is 10.5 Å². The van der Waals surface area contributed by atoms with E-state index in [4.69, 9.17) is 18.6 Å². The number of hydrogen-bond acceptors (Lipinski definition) is 6. The van der Waals surface area contributed by atoms with Crippen LogP contribution in [-0.2, 0) is 0 Å². The predicted molar refractivity (Wildman–Crippen MR) is 110 cm³/mol. The molecule has 1 aromatic heterocycles. The number of likely N-dealkylation sites (tertiary alicyclic amines) is 1. The van der Waals surface area contributed by atoms with Crippen LogP contribution in [0.25, 0.3) is 0 Å². The van der Waals surface area contributed by atoms with E-state index < -0.39 is 0 Å². The van der Waals surface area contributed by atoms with Gasteiger partial charge in [0.1, 0.15) is 6.26 Å². The lowest BCUT2D eigenvalue weighted by atomic mass is 9.96. The van der Waals surface area contributed by atoms with Crippen LogP contribution in [0.1, 0.15) is 23.2 Å². The lowest BCUT2D eigenvalue weighted by Crippen LogP contribution is -2.42. The number of methoxy groups -OCH3 is 3. The van der Waals surface area contributed by atoms with Gasteiger partial charge in [-0.1, -0.05) is 0 Å². The smallest absolute Gasteiger partial charge is 0.319 e. The molecule has 1 aromatic carbocycles. The molecule has 0 aliphatic carbocycles. The molecule has 30 heavy (non-hydrogen) atoms. The van der Waals surface area contributed by atoms with Gasteiger partial charge in [-0.25, -0.2) is 4.79 Å². The third kappa shape index (κ3) is 4.97. The Kier molecular flexibility index (Phi) is 7.05. The number of anilines is 1. The number of piperidine rings is 1. The van der Waals surface area contributed by atoms with Crippen LogP contribution in [-0.4, -0.2) is 57.8 Å². The molecule has 0 atom stereocenters. The average Bonchev–Trinajstić information content (AvgIpc) is 3.31. The van der Waals surface area contributed by atoms with Crippen molar-refractivity contribution >= 4 is 17.6 Å². The zero-order chi connectivity index (χ0) is 21.5. The van der Waals surface area contributed by atoms with Gasteiger partial charge < -0.3 is 34.2 Å². The Morgan fingerprint density at radius 2 is 1.77 bits per heavy atom. The molecule has 9 nitrogen and oxygen atoms in total. The number of ether oxygens (including phenoxy) is 3. The summed E-state index contributed by atoms with van der Waals surface area (Å²) in [6.07, 6.45) is 4.61. The number of nitrogens with zero attached hydrogens (tertiary/aromatic N) is 1. The molecule has 1 aliphatic heterocycles. The first-order valence-corrected chi connectivity index (χ1v) is 9.72. The van der Waals surface area contributed by atoms with Gasteiger partial charge in [-0.05, 0) is 24.8 Å². The van der Waals surface area contributed by atoms with Crippen molar-refractivity contribution in [3.05, 3.63) is 36.3 Å². The van der Waals surface area contributed by atoms with E-state index in [0.717, 1.165) is 12.8 Å². The van der Waals surface area contributed by atoms with Crippen molar-refractivity contribution in [1.29, 1.82) is 0 Å². The van der Waals surface area contributed by atoms with E-state index in [-0.39, 0.29) is 11.9 Å². The normalized spacial score (nSPS) is 14.2. The quantitative estimate of drug-likeness (QED) is 0.718. The number of hydrogen-bond donors (Lipinski definition) is 2. The van der Waals surface area contributed by atoms with E-state index >= 15 is 0 Å². The topological polar surface area (TPSA) is 102 Å². The zero-order valence-electron chi connectivity index (χ0n) is 17.4. The van der Waals surface area contributed by atoms with Gasteiger partial charge in [-0.3, -0.25) is 4.79 Å². The third-order valence-electron chi connectivity index (χ3n) is 5.14. The number of rotatable bonds is 7. The number of amides is 3. The Morgan fingerprint density at radius 1 is 1.10 bits per heavy atom. The van der Waals surface area contributed by atoms with E-state index in [1.807, 2.05) is 4.90 Å². The largest absolute Gasteiger partial charge is 0.493 e. The van der Waals surface area contributed by atoms with E-state index in [9.17, 15) is 9.59 Å². The van der Waals surface area contributed by atoms with Crippen molar-refractivity contribution in [2.45, 2.75) is 12.8 Å². The SMILES string of the molecule is COc1cc(NC(=O)NCC2CCN(C(=O)c3ccoc3)CC2)cc(OC)c1OC. The second kappa shape index (κ2) is 9.91. The molecule has 2 heterocycles. The molecule has 162 valence electrons. The minimum absolute atomic E-state index is 0.0182. The number of carbonyl (C=O) groups is 2. The lowest BCUT2D eigenvalue weighted by molar-refractivity contribution is 0.0690. The summed E-state index contributed by atoms with van der Waals surface area (Å²) in [5, 5.41) is 5.68. The fourth-order valence-corrected chi connectivity index (χ4v) is 3.47. The maximum Gasteiger partial charge on any atom is 0.319 e. The van der Waals surface area contributed by atoms with Crippen LogP contribution in [0.5, 0.6) is 17.2 Å². The number of carbonyl (C=O) groups excluding carboxylic acids is 2. The standard InChI is InChI=1S/C21H27N3O6/c1-27-17-10-16(11-18(28-2)19(17)29-3)23-21(26)22-12-14-4-7-24(8-5-14)20(25)15-6-9-30-13-15/h6,9-11,13-14H,4-5,7-8,12H2,1-3H3,(H2,22,23,26). The first kappa shape index (κ1) is 21.4. The Labute approximate surface area is 175 Å². The Bertz CT molecular complexity index is 835. The summed E-state index contributed by atoms with van der Waals surface area (Å²) in [4.78, 5) is 26.5. The molecule has 3 rings (SSSR count). The maximum absolute atomic E-state index is 12.3. The molecule has 1 saturated heterocycles. The maximum atomic E-state index is 12.3. The molecule has 0 spiro atoms. The summed E-state index contributed by atoms with van der Waals surface area (Å²) in [5.74, 6) is 1.67. The van der Waals surface area contributed by atoms with Crippen molar-refractivity contribution in [1.82, 2.24) is 10.2 Å². The number of furan rings is 1. The van der Waals surface area contributed by atoms with Crippen molar-refractivity contribution in [3.8, 4) is 17.2 Å². The van der Waals surface area contributed by atoms with Crippen LogP contribution in [0.2, 0.25) is 0 Å². The Morgan fingerprint density at radius 3 is 2.30 bits per heavy atom. The Hall–Kier alpha value is -3.36. The van der Waals surface area contributed by atoms with Crippen molar-refractivity contribution in [2.75, 3.05) is 46.3 Å². The number of benzene rings is 1. The Balaban J connectivity index is 1.48. The van der Waals surface area contributed by atoms with Crippen LogP contribution in [0.3, 0.4) is 0 Å². The fourth-order valence-electron chi connectivity index (χ4n) is 3.47. The average molecular weight is 417 g/mol.